The van der Waals surface area contributed by atoms with Gasteiger partial charge in [0.2, 0.25) is 0 Å². The van der Waals surface area contributed by atoms with Crippen molar-refractivity contribution in [2.24, 2.45) is 0 Å². The Kier molecular flexibility index (Phi) is 8.48. The Labute approximate surface area is 133 Å². The van der Waals surface area contributed by atoms with Crippen molar-refractivity contribution < 1.29 is 8.42 Å². The standard InChI is InChI=1S/C15H28N2O2S2/c1-4-6-7-13-17(3)21(18,19)15-9-8-14(20-15)10-12-16-11-5-2/h8-9,16H,4-7,10-13H2,1-3H3. The van der Waals surface area contributed by atoms with Gasteiger partial charge in [0.25, 0.3) is 10.0 Å². The first-order valence-electron chi connectivity index (χ1n) is 7.78. The summed E-state index contributed by atoms with van der Waals surface area (Å²) in [5.41, 5.74) is 0. The zero-order chi connectivity index (χ0) is 15.7. The monoisotopic (exact) mass is 332 g/mol. The molecule has 0 bridgehead atoms. The van der Waals surface area contributed by atoms with Crippen molar-refractivity contribution >= 4 is 21.4 Å². The van der Waals surface area contributed by atoms with E-state index in [1.165, 1.54) is 15.6 Å². The SMILES string of the molecule is CCCCCN(C)S(=O)(=O)c1ccc(CCNCCC)s1. The molecular formula is C15H28N2O2S2. The summed E-state index contributed by atoms with van der Waals surface area (Å²) in [6.07, 6.45) is 5.10. The van der Waals surface area contributed by atoms with Crippen LogP contribution in [0.1, 0.15) is 44.4 Å². The lowest BCUT2D eigenvalue weighted by atomic mass is 10.2. The summed E-state index contributed by atoms with van der Waals surface area (Å²) in [5, 5.41) is 3.34. The van der Waals surface area contributed by atoms with Crippen molar-refractivity contribution in [2.75, 3.05) is 26.7 Å². The van der Waals surface area contributed by atoms with E-state index in [-0.39, 0.29) is 0 Å². The molecule has 1 aromatic heterocycles. The Morgan fingerprint density at radius 1 is 1.14 bits per heavy atom. The van der Waals surface area contributed by atoms with Gasteiger partial charge in [-0.25, -0.2) is 12.7 Å². The van der Waals surface area contributed by atoms with Crippen LogP contribution >= 0.6 is 11.3 Å². The topological polar surface area (TPSA) is 49.4 Å². The van der Waals surface area contributed by atoms with Gasteiger partial charge in [-0.2, -0.15) is 0 Å². The molecule has 122 valence electrons. The summed E-state index contributed by atoms with van der Waals surface area (Å²) < 4.78 is 26.8. The Morgan fingerprint density at radius 2 is 1.90 bits per heavy atom. The lowest BCUT2D eigenvalue weighted by molar-refractivity contribution is 0.456. The van der Waals surface area contributed by atoms with Crippen molar-refractivity contribution in [1.82, 2.24) is 9.62 Å². The molecule has 0 aliphatic rings. The lowest BCUT2D eigenvalue weighted by Gasteiger charge is -2.15. The second-order valence-electron chi connectivity index (χ2n) is 5.25. The van der Waals surface area contributed by atoms with Crippen LogP contribution in [0, 0.1) is 0 Å². The maximum atomic E-state index is 12.4. The van der Waals surface area contributed by atoms with Gasteiger partial charge in [-0.05, 0) is 44.5 Å². The molecule has 0 aliphatic carbocycles. The fourth-order valence-corrected chi connectivity index (χ4v) is 4.78. The van der Waals surface area contributed by atoms with Crippen LogP contribution in [0.3, 0.4) is 0 Å². The molecule has 0 atom stereocenters. The molecule has 0 spiro atoms. The minimum absolute atomic E-state index is 0.465. The fraction of sp³-hybridized carbons (Fsp3) is 0.733. The quantitative estimate of drug-likeness (QED) is 0.634. The summed E-state index contributed by atoms with van der Waals surface area (Å²) in [6, 6.07) is 3.68. The predicted octanol–water partition coefficient (Wildman–Crippen LogP) is 3.10. The normalized spacial score (nSPS) is 12.2. The third-order valence-electron chi connectivity index (χ3n) is 3.35. The maximum Gasteiger partial charge on any atom is 0.252 e. The minimum atomic E-state index is -3.30. The predicted molar refractivity (Wildman–Crippen MR) is 90.5 cm³/mol. The van der Waals surface area contributed by atoms with Crippen LogP contribution in [0.2, 0.25) is 0 Å². The molecule has 6 heteroatoms. The molecule has 1 rings (SSSR count). The van der Waals surface area contributed by atoms with Gasteiger partial charge in [-0.1, -0.05) is 26.7 Å². The second-order valence-corrected chi connectivity index (χ2v) is 8.69. The highest BCUT2D eigenvalue weighted by Gasteiger charge is 2.22. The molecule has 1 heterocycles. The first-order valence-corrected chi connectivity index (χ1v) is 10.0. The molecular weight excluding hydrogens is 304 g/mol. The zero-order valence-corrected chi connectivity index (χ0v) is 15.0. The molecule has 0 aliphatic heterocycles. The molecule has 1 N–H and O–H groups in total. The summed E-state index contributed by atoms with van der Waals surface area (Å²) >= 11 is 1.40. The number of nitrogens with zero attached hydrogens (tertiary/aromatic N) is 1. The second kappa shape index (κ2) is 9.56. The lowest BCUT2D eigenvalue weighted by Crippen LogP contribution is -2.27. The van der Waals surface area contributed by atoms with Crippen molar-refractivity contribution in [3.8, 4) is 0 Å². The fourth-order valence-electron chi connectivity index (χ4n) is 2.00. The van der Waals surface area contributed by atoms with E-state index >= 15 is 0 Å². The summed E-state index contributed by atoms with van der Waals surface area (Å²) in [6.45, 7) is 6.77. The van der Waals surface area contributed by atoms with E-state index in [9.17, 15) is 8.42 Å². The first-order chi connectivity index (χ1) is 10.0. The van der Waals surface area contributed by atoms with Crippen molar-refractivity contribution in [3.63, 3.8) is 0 Å². The minimum Gasteiger partial charge on any atom is -0.316 e. The number of hydrogen-bond acceptors (Lipinski definition) is 4. The van der Waals surface area contributed by atoms with Gasteiger partial charge >= 0.3 is 0 Å². The van der Waals surface area contributed by atoms with E-state index in [0.717, 1.165) is 50.1 Å². The van der Waals surface area contributed by atoms with E-state index in [0.29, 0.717) is 10.8 Å². The highest BCUT2D eigenvalue weighted by atomic mass is 32.2. The van der Waals surface area contributed by atoms with E-state index < -0.39 is 10.0 Å². The average Bonchev–Trinajstić information content (AvgIpc) is 2.93. The number of sulfonamides is 1. The molecule has 21 heavy (non-hydrogen) atoms. The molecule has 0 unspecified atom stereocenters. The van der Waals surface area contributed by atoms with Crippen LogP contribution in [-0.2, 0) is 16.4 Å². The molecule has 0 radical (unpaired) electrons. The molecule has 1 aromatic rings. The van der Waals surface area contributed by atoms with Crippen LogP contribution in [0.5, 0.6) is 0 Å². The van der Waals surface area contributed by atoms with Crippen molar-refractivity contribution in [1.29, 1.82) is 0 Å². The molecule has 0 amide bonds. The molecule has 0 aromatic carbocycles. The number of rotatable bonds is 11. The van der Waals surface area contributed by atoms with Crippen molar-refractivity contribution in [2.45, 2.75) is 50.2 Å². The average molecular weight is 333 g/mol. The van der Waals surface area contributed by atoms with Gasteiger partial charge in [-0.15, -0.1) is 11.3 Å². The molecule has 4 nitrogen and oxygen atoms in total. The third kappa shape index (κ3) is 6.06. The molecule has 0 fully saturated rings. The molecule has 0 saturated heterocycles. The Bertz CT molecular complexity index is 498. The number of unbranched alkanes of at least 4 members (excludes halogenated alkanes) is 2. The van der Waals surface area contributed by atoms with Crippen molar-refractivity contribution in [3.05, 3.63) is 17.0 Å². The van der Waals surface area contributed by atoms with Gasteiger partial charge in [0, 0.05) is 18.5 Å². The van der Waals surface area contributed by atoms with E-state index in [2.05, 4.69) is 19.2 Å². The van der Waals surface area contributed by atoms with Crippen LogP contribution < -0.4 is 5.32 Å². The van der Waals surface area contributed by atoms with Gasteiger partial charge in [-0.3, -0.25) is 0 Å². The highest BCUT2D eigenvalue weighted by Crippen LogP contribution is 2.24. The summed E-state index contributed by atoms with van der Waals surface area (Å²) in [7, 11) is -1.63. The van der Waals surface area contributed by atoms with Gasteiger partial charge in [0.1, 0.15) is 4.21 Å². The Hall–Kier alpha value is -0.430. The smallest absolute Gasteiger partial charge is 0.252 e. The number of nitrogens with one attached hydrogen (secondary N) is 1. The van der Waals surface area contributed by atoms with Crippen LogP contribution in [0.4, 0.5) is 0 Å². The zero-order valence-electron chi connectivity index (χ0n) is 13.4. The number of hydrogen-bond donors (Lipinski definition) is 1. The molecule has 0 saturated carbocycles. The highest BCUT2D eigenvalue weighted by molar-refractivity contribution is 7.91. The number of thiophene rings is 1. The third-order valence-corrected chi connectivity index (χ3v) is 6.82. The van der Waals surface area contributed by atoms with Gasteiger partial charge < -0.3 is 5.32 Å². The Morgan fingerprint density at radius 3 is 2.57 bits per heavy atom. The van der Waals surface area contributed by atoms with Crippen LogP contribution in [0.15, 0.2) is 16.3 Å². The van der Waals surface area contributed by atoms with Crippen LogP contribution in [0.25, 0.3) is 0 Å². The van der Waals surface area contributed by atoms with E-state index in [1.54, 1.807) is 13.1 Å². The largest absolute Gasteiger partial charge is 0.316 e. The van der Waals surface area contributed by atoms with E-state index in [4.69, 9.17) is 0 Å². The summed E-state index contributed by atoms with van der Waals surface area (Å²) in [5.74, 6) is 0. The maximum absolute atomic E-state index is 12.4. The van der Waals surface area contributed by atoms with E-state index in [1.807, 2.05) is 6.07 Å². The van der Waals surface area contributed by atoms with Gasteiger partial charge in [0.15, 0.2) is 0 Å². The summed E-state index contributed by atoms with van der Waals surface area (Å²) in [4.78, 5) is 1.12. The Balaban J connectivity index is 2.56. The first kappa shape index (κ1) is 18.6. The van der Waals surface area contributed by atoms with Crippen LogP contribution in [-0.4, -0.2) is 39.4 Å². The van der Waals surface area contributed by atoms with Gasteiger partial charge in [0.05, 0.1) is 0 Å².